The molecule has 1 aromatic rings. The van der Waals surface area contributed by atoms with E-state index in [1.54, 1.807) is 7.11 Å². The highest BCUT2D eigenvalue weighted by Crippen LogP contribution is 2.38. The average molecular weight is 247 g/mol. The second-order valence-corrected chi connectivity index (χ2v) is 6.23. The van der Waals surface area contributed by atoms with Gasteiger partial charge in [-0.15, -0.1) is 0 Å². The molecule has 0 saturated heterocycles. The molecule has 0 aromatic heterocycles. The topological polar surface area (TPSA) is 21.3 Å². The van der Waals surface area contributed by atoms with E-state index >= 15 is 0 Å². The molecule has 2 atom stereocenters. The van der Waals surface area contributed by atoms with Crippen LogP contribution in [0.4, 0.5) is 0 Å². The molecule has 1 aliphatic carbocycles. The summed E-state index contributed by atoms with van der Waals surface area (Å²) < 4.78 is 5.43. The van der Waals surface area contributed by atoms with Gasteiger partial charge < -0.3 is 10.1 Å². The van der Waals surface area contributed by atoms with Gasteiger partial charge in [-0.1, -0.05) is 32.0 Å². The van der Waals surface area contributed by atoms with Crippen LogP contribution >= 0.6 is 0 Å². The summed E-state index contributed by atoms with van der Waals surface area (Å²) >= 11 is 0. The molecular weight excluding hydrogens is 222 g/mol. The SMILES string of the molecule is COc1ccccc1C(C)NC1CCC(C)(C)C1. The smallest absolute Gasteiger partial charge is 0.123 e. The van der Waals surface area contributed by atoms with Crippen molar-refractivity contribution in [2.45, 2.75) is 52.1 Å². The van der Waals surface area contributed by atoms with Gasteiger partial charge in [0, 0.05) is 17.6 Å². The van der Waals surface area contributed by atoms with Crippen LogP contribution < -0.4 is 10.1 Å². The van der Waals surface area contributed by atoms with Gasteiger partial charge in [0.15, 0.2) is 0 Å². The molecule has 2 rings (SSSR count). The summed E-state index contributed by atoms with van der Waals surface area (Å²) in [5, 5.41) is 3.75. The lowest BCUT2D eigenvalue weighted by molar-refractivity contribution is 0.352. The Morgan fingerprint density at radius 1 is 1.33 bits per heavy atom. The van der Waals surface area contributed by atoms with Gasteiger partial charge >= 0.3 is 0 Å². The van der Waals surface area contributed by atoms with Crippen molar-refractivity contribution < 1.29 is 4.74 Å². The van der Waals surface area contributed by atoms with Gasteiger partial charge in [-0.2, -0.15) is 0 Å². The zero-order chi connectivity index (χ0) is 13.2. The number of nitrogens with one attached hydrogen (secondary N) is 1. The fraction of sp³-hybridized carbons (Fsp3) is 0.625. The molecule has 1 aromatic carbocycles. The quantitative estimate of drug-likeness (QED) is 0.870. The maximum atomic E-state index is 5.43. The van der Waals surface area contributed by atoms with Gasteiger partial charge in [-0.25, -0.2) is 0 Å². The zero-order valence-corrected chi connectivity index (χ0v) is 12.0. The summed E-state index contributed by atoms with van der Waals surface area (Å²) in [6.07, 6.45) is 3.88. The third-order valence-corrected chi connectivity index (χ3v) is 4.06. The van der Waals surface area contributed by atoms with Gasteiger partial charge in [0.1, 0.15) is 5.75 Å². The van der Waals surface area contributed by atoms with Crippen LogP contribution in [-0.4, -0.2) is 13.2 Å². The van der Waals surface area contributed by atoms with E-state index in [0.29, 0.717) is 17.5 Å². The van der Waals surface area contributed by atoms with Crippen LogP contribution in [0.25, 0.3) is 0 Å². The highest BCUT2D eigenvalue weighted by molar-refractivity contribution is 5.35. The van der Waals surface area contributed by atoms with Gasteiger partial charge in [-0.3, -0.25) is 0 Å². The Kier molecular flexibility index (Phi) is 3.96. The number of para-hydroxylation sites is 1. The van der Waals surface area contributed by atoms with E-state index in [1.165, 1.54) is 24.8 Å². The van der Waals surface area contributed by atoms with Gasteiger partial charge in [0.25, 0.3) is 0 Å². The van der Waals surface area contributed by atoms with E-state index in [0.717, 1.165) is 5.75 Å². The van der Waals surface area contributed by atoms with E-state index in [2.05, 4.69) is 38.2 Å². The van der Waals surface area contributed by atoms with E-state index in [9.17, 15) is 0 Å². The zero-order valence-electron chi connectivity index (χ0n) is 12.0. The first kappa shape index (κ1) is 13.4. The van der Waals surface area contributed by atoms with E-state index < -0.39 is 0 Å². The highest BCUT2D eigenvalue weighted by Gasteiger charge is 2.31. The monoisotopic (exact) mass is 247 g/mol. The summed E-state index contributed by atoms with van der Waals surface area (Å²) in [5.41, 5.74) is 1.75. The molecule has 0 aliphatic heterocycles. The standard InChI is InChI=1S/C16H25NO/c1-12(14-7-5-6-8-15(14)18-4)17-13-9-10-16(2,3)11-13/h5-8,12-13,17H,9-11H2,1-4H3. The predicted molar refractivity (Wildman–Crippen MR) is 76.0 cm³/mol. The number of methoxy groups -OCH3 is 1. The Labute approximate surface area is 111 Å². The Bertz CT molecular complexity index is 400. The minimum absolute atomic E-state index is 0.347. The van der Waals surface area contributed by atoms with Gasteiger partial charge in [0.2, 0.25) is 0 Å². The Morgan fingerprint density at radius 3 is 2.67 bits per heavy atom. The Morgan fingerprint density at radius 2 is 2.06 bits per heavy atom. The molecule has 0 heterocycles. The molecule has 2 unspecified atom stereocenters. The lowest BCUT2D eigenvalue weighted by Gasteiger charge is -2.23. The van der Waals surface area contributed by atoms with Gasteiger partial charge in [0.05, 0.1) is 7.11 Å². The first-order valence-corrected chi connectivity index (χ1v) is 6.91. The van der Waals surface area contributed by atoms with Crippen molar-refractivity contribution in [1.29, 1.82) is 0 Å². The maximum absolute atomic E-state index is 5.43. The maximum Gasteiger partial charge on any atom is 0.123 e. The molecule has 1 saturated carbocycles. The third kappa shape index (κ3) is 3.05. The molecule has 1 fully saturated rings. The lowest BCUT2D eigenvalue weighted by atomic mass is 9.91. The summed E-state index contributed by atoms with van der Waals surface area (Å²) in [4.78, 5) is 0. The minimum Gasteiger partial charge on any atom is -0.496 e. The Balaban J connectivity index is 2.02. The largest absolute Gasteiger partial charge is 0.496 e. The molecular formula is C16H25NO. The molecule has 0 spiro atoms. The summed E-state index contributed by atoms with van der Waals surface area (Å²) in [6, 6.07) is 9.27. The van der Waals surface area contributed by atoms with Crippen LogP contribution in [0.15, 0.2) is 24.3 Å². The first-order chi connectivity index (χ1) is 8.52. The fourth-order valence-corrected chi connectivity index (χ4v) is 3.05. The number of hydrogen-bond acceptors (Lipinski definition) is 2. The number of hydrogen-bond donors (Lipinski definition) is 1. The van der Waals surface area contributed by atoms with Crippen LogP contribution in [0, 0.1) is 5.41 Å². The number of benzene rings is 1. The van der Waals surface area contributed by atoms with Crippen molar-refractivity contribution in [1.82, 2.24) is 5.32 Å². The lowest BCUT2D eigenvalue weighted by Crippen LogP contribution is -2.30. The third-order valence-electron chi connectivity index (χ3n) is 4.06. The second-order valence-electron chi connectivity index (χ2n) is 6.23. The van der Waals surface area contributed by atoms with Crippen LogP contribution in [0.5, 0.6) is 5.75 Å². The van der Waals surface area contributed by atoms with Crippen LogP contribution in [-0.2, 0) is 0 Å². The Hall–Kier alpha value is -1.02. The molecule has 18 heavy (non-hydrogen) atoms. The molecule has 0 amide bonds. The molecule has 100 valence electrons. The van der Waals surface area contributed by atoms with E-state index in [-0.39, 0.29) is 0 Å². The molecule has 1 aliphatic rings. The molecule has 2 heteroatoms. The van der Waals surface area contributed by atoms with Crippen molar-refractivity contribution >= 4 is 0 Å². The number of rotatable bonds is 4. The molecule has 2 nitrogen and oxygen atoms in total. The van der Waals surface area contributed by atoms with E-state index in [1.807, 2.05) is 12.1 Å². The first-order valence-electron chi connectivity index (χ1n) is 6.91. The van der Waals surface area contributed by atoms with Crippen molar-refractivity contribution in [3.05, 3.63) is 29.8 Å². The van der Waals surface area contributed by atoms with Crippen molar-refractivity contribution in [2.24, 2.45) is 5.41 Å². The van der Waals surface area contributed by atoms with Crippen LogP contribution in [0.2, 0.25) is 0 Å². The average Bonchev–Trinajstić information content (AvgIpc) is 2.68. The fourth-order valence-electron chi connectivity index (χ4n) is 3.05. The highest BCUT2D eigenvalue weighted by atomic mass is 16.5. The normalized spacial score (nSPS) is 23.9. The van der Waals surface area contributed by atoms with Crippen LogP contribution in [0.3, 0.4) is 0 Å². The van der Waals surface area contributed by atoms with Crippen molar-refractivity contribution in [3.8, 4) is 5.75 Å². The molecule has 0 radical (unpaired) electrons. The van der Waals surface area contributed by atoms with Crippen molar-refractivity contribution in [3.63, 3.8) is 0 Å². The second kappa shape index (κ2) is 5.31. The summed E-state index contributed by atoms with van der Waals surface area (Å²) in [6.45, 7) is 6.95. The molecule has 0 bridgehead atoms. The van der Waals surface area contributed by atoms with Crippen LogP contribution in [0.1, 0.15) is 51.6 Å². The number of ether oxygens (including phenoxy) is 1. The van der Waals surface area contributed by atoms with E-state index in [4.69, 9.17) is 4.74 Å². The summed E-state index contributed by atoms with van der Waals surface area (Å²) in [7, 11) is 1.74. The van der Waals surface area contributed by atoms with Crippen molar-refractivity contribution in [2.75, 3.05) is 7.11 Å². The van der Waals surface area contributed by atoms with Gasteiger partial charge in [-0.05, 0) is 37.7 Å². The minimum atomic E-state index is 0.347. The summed E-state index contributed by atoms with van der Waals surface area (Å²) in [5.74, 6) is 0.981. The predicted octanol–water partition coefficient (Wildman–Crippen LogP) is 3.92. The molecule has 1 N–H and O–H groups in total.